The highest BCUT2D eigenvalue weighted by atomic mass is 35.5. The van der Waals surface area contributed by atoms with Gasteiger partial charge in [0.25, 0.3) is 0 Å². The van der Waals surface area contributed by atoms with Crippen LogP contribution in [0.25, 0.3) is 0 Å². The Balaban J connectivity index is 1.76. The van der Waals surface area contributed by atoms with Gasteiger partial charge in [-0.15, -0.1) is 11.8 Å². The van der Waals surface area contributed by atoms with E-state index in [4.69, 9.17) is 16.7 Å². The number of halogens is 1. The van der Waals surface area contributed by atoms with Gasteiger partial charge < -0.3 is 10.4 Å². The summed E-state index contributed by atoms with van der Waals surface area (Å²) in [6.45, 7) is 0. The number of hydrogen-bond donors (Lipinski definition) is 2. The van der Waals surface area contributed by atoms with E-state index in [0.29, 0.717) is 23.6 Å². The van der Waals surface area contributed by atoms with Crippen LogP contribution in [0.1, 0.15) is 19.3 Å². The highest BCUT2D eigenvalue weighted by Crippen LogP contribution is 2.35. The Hall–Kier alpha value is -1.20. The van der Waals surface area contributed by atoms with Gasteiger partial charge in [0.05, 0.1) is 5.02 Å². The molecule has 0 aliphatic heterocycles. The highest BCUT2D eigenvalue weighted by Gasteiger charge is 2.51. The first-order chi connectivity index (χ1) is 9.03. The van der Waals surface area contributed by atoms with Crippen molar-refractivity contribution >= 4 is 35.2 Å². The van der Waals surface area contributed by atoms with Gasteiger partial charge in [-0.25, -0.2) is 4.79 Å². The molecule has 0 unspecified atom stereocenters. The molecule has 2 rings (SSSR count). The van der Waals surface area contributed by atoms with E-state index in [1.165, 1.54) is 11.8 Å². The summed E-state index contributed by atoms with van der Waals surface area (Å²) < 4.78 is 0. The number of amides is 1. The second-order valence-electron chi connectivity index (χ2n) is 4.46. The van der Waals surface area contributed by atoms with Crippen LogP contribution in [0.15, 0.2) is 29.2 Å². The number of carbonyl (C=O) groups excluding carboxylic acids is 1. The number of thioether (sulfide) groups is 1. The van der Waals surface area contributed by atoms with Crippen molar-refractivity contribution in [1.82, 2.24) is 5.32 Å². The Morgan fingerprint density at radius 2 is 2.05 bits per heavy atom. The average Bonchev–Trinajstić information content (AvgIpc) is 3.12. The number of nitrogens with one attached hydrogen (secondary N) is 1. The zero-order chi connectivity index (χ0) is 13.9. The molecule has 1 aromatic rings. The molecule has 2 N–H and O–H groups in total. The molecule has 4 nitrogen and oxygen atoms in total. The molecule has 0 atom stereocenters. The minimum atomic E-state index is -0.994. The second-order valence-corrected chi connectivity index (χ2v) is 6.01. The van der Waals surface area contributed by atoms with Crippen LogP contribution in [0.4, 0.5) is 0 Å². The Morgan fingerprint density at radius 3 is 2.63 bits per heavy atom. The van der Waals surface area contributed by atoms with Crippen LogP contribution in [0.3, 0.4) is 0 Å². The van der Waals surface area contributed by atoms with E-state index in [1.807, 2.05) is 18.2 Å². The molecule has 1 fully saturated rings. The van der Waals surface area contributed by atoms with Crippen molar-refractivity contribution in [3.05, 3.63) is 29.3 Å². The van der Waals surface area contributed by atoms with E-state index in [0.717, 1.165) is 4.90 Å². The van der Waals surface area contributed by atoms with E-state index >= 15 is 0 Å². The van der Waals surface area contributed by atoms with Gasteiger partial charge in [-0.1, -0.05) is 23.7 Å². The smallest absolute Gasteiger partial charge is 0.329 e. The van der Waals surface area contributed by atoms with Gasteiger partial charge in [-0.3, -0.25) is 4.79 Å². The van der Waals surface area contributed by atoms with Crippen molar-refractivity contribution in [2.75, 3.05) is 5.75 Å². The molecule has 1 aromatic carbocycles. The van der Waals surface area contributed by atoms with E-state index in [9.17, 15) is 9.59 Å². The molecule has 1 saturated carbocycles. The number of benzene rings is 1. The highest BCUT2D eigenvalue weighted by molar-refractivity contribution is 7.99. The van der Waals surface area contributed by atoms with Crippen LogP contribution in [0.5, 0.6) is 0 Å². The van der Waals surface area contributed by atoms with E-state index in [2.05, 4.69) is 5.32 Å². The van der Waals surface area contributed by atoms with Crippen LogP contribution < -0.4 is 5.32 Å². The van der Waals surface area contributed by atoms with Crippen LogP contribution in [0.2, 0.25) is 5.02 Å². The van der Waals surface area contributed by atoms with Crippen LogP contribution in [-0.4, -0.2) is 28.3 Å². The predicted octanol–water partition coefficient (Wildman–Crippen LogP) is 2.56. The summed E-state index contributed by atoms with van der Waals surface area (Å²) in [4.78, 5) is 23.5. The third kappa shape index (κ3) is 3.64. The van der Waals surface area contributed by atoms with Gasteiger partial charge >= 0.3 is 5.97 Å². The summed E-state index contributed by atoms with van der Waals surface area (Å²) in [5.41, 5.74) is -0.994. The lowest BCUT2D eigenvalue weighted by Crippen LogP contribution is -2.43. The van der Waals surface area contributed by atoms with Crippen LogP contribution in [0, 0.1) is 0 Å². The molecule has 0 spiro atoms. The standard InChI is InChI=1S/C13H14ClNO3S/c14-9-3-1-2-4-10(9)19-8-5-11(16)15-13(6-7-13)12(17)18/h1-4H,5-8H2,(H,15,16)(H,17,18). The van der Waals surface area contributed by atoms with Crippen molar-refractivity contribution in [2.45, 2.75) is 29.7 Å². The average molecular weight is 300 g/mol. The molecule has 19 heavy (non-hydrogen) atoms. The lowest BCUT2D eigenvalue weighted by Gasteiger charge is -2.12. The fourth-order valence-electron chi connectivity index (χ4n) is 1.66. The fourth-order valence-corrected chi connectivity index (χ4v) is 2.85. The van der Waals surface area contributed by atoms with Crippen molar-refractivity contribution in [2.24, 2.45) is 0 Å². The summed E-state index contributed by atoms with van der Waals surface area (Å²) in [7, 11) is 0. The number of rotatable bonds is 6. The van der Waals surface area contributed by atoms with E-state index < -0.39 is 11.5 Å². The number of aliphatic carboxylic acids is 1. The first-order valence-corrected chi connectivity index (χ1v) is 7.32. The van der Waals surface area contributed by atoms with Gasteiger partial charge in [0, 0.05) is 17.1 Å². The zero-order valence-electron chi connectivity index (χ0n) is 10.2. The topological polar surface area (TPSA) is 66.4 Å². The molecule has 0 heterocycles. The number of carboxylic acids is 1. The molecule has 1 aliphatic carbocycles. The van der Waals surface area contributed by atoms with Crippen molar-refractivity contribution in [3.8, 4) is 0 Å². The van der Waals surface area contributed by atoms with Gasteiger partial charge in [-0.2, -0.15) is 0 Å². The Morgan fingerprint density at radius 1 is 1.37 bits per heavy atom. The SMILES string of the molecule is O=C(CCSc1ccccc1Cl)NC1(C(=O)O)CC1. The third-order valence-corrected chi connectivity index (χ3v) is 4.48. The third-order valence-electron chi connectivity index (χ3n) is 2.96. The molecule has 0 bridgehead atoms. The normalized spacial score (nSPS) is 15.8. The molecular formula is C13H14ClNO3S. The van der Waals surface area contributed by atoms with Gasteiger partial charge in [0.15, 0.2) is 0 Å². The van der Waals surface area contributed by atoms with Gasteiger partial charge in [-0.05, 0) is 25.0 Å². The summed E-state index contributed by atoms with van der Waals surface area (Å²) in [5, 5.41) is 12.2. The Kier molecular flexibility index (Phi) is 4.37. The van der Waals surface area contributed by atoms with Gasteiger partial charge in [0.2, 0.25) is 5.91 Å². The van der Waals surface area contributed by atoms with Crippen molar-refractivity contribution in [3.63, 3.8) is 0 Å². The van der Waals surface area contributed by atoms with E-state index in [-0.39, 0.29) is 12.3 Å². The lowest BCUT2D eigenvalue weighted by molar-refractivity contribution is -0.143. The zero-order valence-corrected chi connectivity index (χ0v) is 11.8. The first kappa shape index (κ1) is 14.2. The number of carboxylic acid groups (broad SMARTS) is 1. The Labute approximate surface area is 120 Å². The molecule has 1 aliphatic rings. The minimum absolute atomic E-state index is 0.223. The first-order valence-electron chi connectivity index (χ1n) is 5.95. The largest absolute Gasteiger partial charge is 0.480 e. The van der Waals surface area contributed by atoms with E-state index in [1.54, 1.807) is 6.07 Å². The van der Waals surface area contributed by atoms with Crippen LogP contribution >= 0.6 is 23.4 Å². The molecule has 0 saturated heterocycles. The maximum atomic E-state index is 11.7. The predicted molar refractivity (Wildman–Crippen MR) is 74.5 cm³/mol. The van der Waals surface area contributed by atoms with Crippen LogP contribution in [-0.2, 0) is 9.59 Å². The number of carbonyl (C=O) groups is 2. The lowest BCUT2D eigenvalue weighted by atomic mass is 10.2. The van der Waals surface area contributed by atoms with Crippen molar-refractivity contribution < 1.29 is 14.7 Å². The summed E-state index contributed by atoms with van der Waals surface area (Å²) in [6, 6.07) is 7.43. The van der Waals surface area contributed by atoms with Gasteiger partial charge in [0.1, 0.15) is 5.54 Å². The molecular weight excluding hydrogens is 286 g/mol. The molecule has 1 amide bonds. The molecule has 102 valence electrons. The molecule has 0 aromatic heterocycles. The summed E-state index contributed by atoms with van der Waals surface area (Å²) >= 11 is 7.49. The monoisotopic (exact) mass is 299 g/mol. The molecule has 6 heteroatoms. The fraction of sp³-hybridized carbons (Fsp3) is 0.385. The Bertz CT molecular complexity index is 502. The summed E-state index contributed by atoms with van der Waals surface area (Å²) in [6.07, 6.45) is 1.32. The number of hydrogen-bond acceptors (Lipinski definition) is 3. The maximum absolute atomic E-state index is 11.7. The minimum Gasteiger partial charge on any atom is -0.480 e. The van der Waals surface area contributed by atoms with Crippen molar-refractivity contribution in [1.29, 1.82) is 0 Å². The second kappa shape index (κ2) is 5.84. The quantitative estimate of drug-likeness (QED) is 0.792. The molecule has 0 radical (unpaired) electrons. The summed E-state index contributed by atoms with van der Waals surface area (Å²) in [5.74, 6) is -0.593. The maximum Gasteiger partial charge on any atom is 0.329 e.